The summed E-state index contributed by atoms with van der Waals surface area (Å²) in [7, 11) is -0.650. The van der Waals surface area contributed by atoms with Crippen molar-refractivity contribution >= 4 is 40.0 Å². The van der Waals surface area contributed by atoms with Gasteiger partial charge in [0.2, 0.25) is 10.0 Å². The number of hydrogen-bond donors (Lipinski definition) is 3. The molecule has 2 aromatic rings. The lowest BCUT2D eigenvalue weighted by atomic mass is 10.2. The lowest BCUT2D eigenvalue weighted by Crippen LogP contribution is -2.36. The summed E-state index contributed by atoms with van der Waals surface area (Å²) >= 11 is 0. The molecule has 0 radical (unpaired) electrons. The van der Waals surface area contributed by atoms with Crippen molar-refractivity contribution in [3.8, 4) is 5.75 Å². The summed E-state index contributed by atoms with van der Waals surface area (Å²) in [6, 6.07) is 12.1. The van der Waals surface area contributed by atoms with E-state index in [2.05, 4.69) is 25.1 Å². The first-order chi connectivity index (χ1) is 13.6. The number of para-hydroxylation sites is 1. The first-order valence-corrected chi connectivity index (χ1v) is 9.93. The monoisotopic (exact) mass is 558 g/mol. The molecular formula is C18H22F3IN4O3S. The standard InChI is InChI=1S/C18H21F3N4O3S.HI/c1-22-17(24-11-13-7-9-15(10-8-13)29(26,27)23-2)25-12-14-5-3-4-6-16(14)28-18(19,20)21;/h3-10,23H,11-12H2,1-2H3,(H2,22,24,25);1H. The van der Waals surface area contributed by atoms with Crippen LogP contribution in [0.15, 0.2) is 58.4 Å². The zero-order valence-corrected chi connectivity index (χ0v) is 19.3. The Morgan fingerprint density at radius 2 is 1.63 bits per heavy atom. The Hall–Kier alpha value is -2.06. The molecule has 2 aromatic carbocycles. The summed E-state index contributed by atoms with van der Waals surface area (Å²) in [5, 5.41) is 5.92. The molecule has 0 atom stereocenters. The summed E-state index contributed by atoms with van der Waals surface area (Å²) in [6.45, 7) is 0.394. The predicted octanol–water partition coefficient (Wildman–Crippen LogP) is 2.98. The predicted molar refractivity (Wildman–Crippen MR) is 118 cm³/mol. The topological polar surface area (TPSA) is 91.8 Å². The molecule has 0 spiro atoms. The van der Waals surface area contributed by atoms with Crippen LogP contribution in [0, 0.1) is 0 Å². The van der Waals surface area contributed by atoms with Crippen LogP contribution in [0.4, 0.5) is 13.2 Å². The molecule has 0 heterocycles. The molecule has 166 valence electrons. The van der Waals surface area contributed by atoms with Crippen LogP contribution in [-0.2, 0) is 23.1 Å². The van der Waals surface area contributed by atoms with E-state index in [9.17, 15) is 21.6 Å². The molecule has 0 saturated heterocycles. The number of alkyl halides is 3. The molecule has 0 unspecified atom stereocenters. The molecule has 0 aliphatic heterocycles. The second-order valence-corrected chi connectivity index (χ2v) is 7.67. The van der Waals surface area contributed by atoms with Gasteiger partial charge in [-0.3, -0.25) is 4.99 Å². The van der Waals surface area contributed by atoms with Gasteiger partial charge in [0.05, 0.1) is 4.90 Å². The van der Waals surface area contributed by atoms with E-state index in [-0.39, 0.29) is 41.2 Å². The van der Waals surface area contributed by atoms with Gasteiger partial charge in [-0.2, -0.15) is 0 Å². The van der Waals surface area contributed by atoms with E-state index in [1.165, 1.54) is 44.4 Å². The van der Waals surface area contributed by atoms with Gasteiger partial charge in [-0.05, 0) is 30.8 Å². The van der Waals surface area contributed by atoms with E-state index < -0.39 is 16.4 Å². The van der Waals surface area contributed by atoms with Crippen LogP contribution in [0.1, 0.15) is 11.1 Å². The van der Waals surface area contributed by atoms with Crippen molar-refractivity contribution in [1.29, 1.82) is 0 Å². The minimum Gasteiger partial charge on any atom is -0.405 e. The van der Waals surface area contributed by atoms with Gasteiger partial charge >= 0.3 is 6.36 Å². The third kappa shape index (κ3) is 7.99. The number of guanidine groups is 1. The Balaban J connectivity index is 0.00000450. The van der Waals surface area contributed by atoms with E-state index in [1.54, 1.807) is 18.2 Å². The van der Waals surface area contributed by atoms with Crippen molar-refractivity contribution in [3.63, 3.8) is 0 Å². The number of nitrogens with one attached hydrogen (secondary N) is 3. The van der Waals surface area contributed by atoms with Crippen molar-refractivity contribution < 1.29 is 26.3 Å². The van der Waals surface area contributed by atoms with Gasteiger partial charge < -0.3 is 15.4 Å². The molecule has 0 aliphatic rings. The molecule has 0 aliphatic carbocycles. The lowest BCUT2D eigenvalue weighted by molar-refractivity contribution is -0.274. The Kier molecular flexibility index (Phi) is 9.84. The lowest BCUT2D eigenvalue weighted by Gasteiger charge is -2.15. The fraction of sp³-hybridized carbons (Fsp3) is 0.278. The first kappa shape index (κ1) is 26.0. The molecule has 0 bridgehead atoms. The largest absolute Gasteiger partial charge is 0.573 e. The van der Waals surface area contributed by atoms with E-state index in [4.69, 9.17) is 0 Å². The van der Waals surface area contributed by atoms with Crippen LogP contribution in [0.2, 0.25) is 0 Å². The normalized spacial score (nSPS) is 12.1. The quantitative estimate of drug-likeness (QED) is 0.276. The molecule has 3 N–H and O–H groups in total. The molecule has 7 nitrogen and oxygen atoms in total. The van der Waals surface area contributed by atoms with Crippen LogP contribution < -0.4 is 20.1 Å². The zero-order chi connectivity index (χ0) is 21.5. The van der Waals surface area contributed by atoms with Crippen molar-refractivity contribution in [2.24, 2.45) is 4.99 Å². The maximum Gasteiger partial charge on any atom is 0.573 e. The third-order valence-corrected chi connectivity index (χ3v) is 5.26. The van der Waals surface area contributed by atoms with Gasteiger partial charge in [-0.15, -0.1) is 37.1 Å². The van der Waals surface area contributed by atoms with Crippen molar-refractivity contribution in [3.05, 3.63) is 59.7 Å². The van der Waals surface area contributed by atoms with E-state index in [0.717, 1.165) is 5.56 Å². The Labute approximate surface area is 190 Å². The van der Waals surface area contributed by atoms with Crippen LogP contribution in [0.5, 0.6) is 5.75 Å². The SMILES string of the molecule is CN=C(NCc1ccc(S(=O)(=O)NC)cc1)NCc1ccccc1OC(F)(F)F.I. The van der Waals surface area contributed by atoms with Crippen molar-refractivity contribution in [1.82, 2.24) is 15.4 Å². The summed E-state index contributed by atoms with van der Waals surface area (Å²) in [4.78, 5) is 4.16. The molecule has 0 saturated carbocycles. The molecule has 2 rings (SSSR count). The molecule has 12 heteroatoms. The van der Waals surface area contributed by atoms with Crippen LogP contribution in [-0.4, -0.2) is 34.8 Å². The molecule has 30 heavy (non-hydrogen) atoms. The molecule has 0 fully saturated rings. The zero-order valence-electron chi connectivity index (χ0n) is 16.2. The first-order valence-electron chi connectivity index (χ1n) is 8.45. The highest BCUT2D eigenvalue weighted by Crippen LogP contribution is 2.26. The molecule has 0 amide bonds. The van der Waals surface area contributed by atoms with Gasteiger partial charge in [0, 0.05) is 25.7 Å². The number of aliphatic imine (C=N–C) groups is 1. The fourth-order valence-electron chi connectivity index (χ4n) is 2.36. The van der Waals surface area contributed by atoms with E-state index in [1.807, 2.05) is 0 Å². The number of benzene rings is 2. The second kappa shape index (κ2) is 11.4. The highest BCUT2D eigenvalue weighted by atomic mass is 127. The highest BCUT2D eigenvalue weighted by molar-refractivity contribution is 14.0. The van der Waals surface area contributed by atoms with Gasteiger partial charge in [0.1, 0.15) is 5.75 Å². The van der Waals surface area contributed by atoms with E-state index in [0.29, 0.717) is 18.1 Å². The Morgan fingerprint density at radius 1 is 1.03 bits per heavy atom. The van der Waals surface area contributed by atoms with Gasteiger partial charge in [0.15, 0.2) is 5.96 Å². The molecular weight excluding hydrogens is 536 g/mol. The number of hydrogen-bond acceptors (Lipinski definition) is 4. The number of ether oxygens (including phenoxy) is 1. The maximum absolute atomic E-state index is 12.5. The van der Waals surface area contributed by atoms with Gasteiger partial charge in [-0.1, -0.05) is 30.3 Å². The smallest absolute Gasteiger partial charge is 0.405 e. The highest BCUT2D eigenvalue weighted by Gasteiger charge is 2.31. The maximum atomic E-state index is 12.5. The number of sulfonamides is 1. The summed E-state index contributed by atoms with van der Waals surface area (Å²) in [5.41, 5.74) is 1.11. The van der Waals surface area contributed by atoms with Crippen molar-refractivity contribution in [2.45, 2.75) is 24.3 Å². The fourth-order valence-corrected chi connectivity index (χ4v) is 3.09. The number of halogens is 4. The number of nitrogens with zero attached hydrogens (tertiary/aromatic N) is 1. The second-order valence-electron chi connectivity index (χ2n) is 5.79. The van der Waals surface area contributed by atoms with Crippen molar-refractivity contribution in [2.75, 3.05) is 14.1 Å². The minimum absolute atomic E-state index is 0. The Bertz CT molecular complexity index is 952. The van der Waals surface area contributed by atoms with Crippen LogP contribution in [0.3, 0.4) is 0 Å². The Morgan fingerprint density at radius 3 is 2.20 bits per heavy atom. The average molecular weight is 558 g/mol. The third-order valence-electron chi connectivity index (χ3n) is 3.83. The molecule has 0 aromatic heterocycles. The average Bonchev–Trinajstić information content (AvgIpc) is 2.68. The van der Waals surface area contributed by atoms with Crippen LogP contribution >= 0.6 is 24.0 Å². The van der Waals surface area contributed by atoms with E-state index >= 15 is 0 Å². The summed E-state index contributed by atoms with van der Waals surface area (Å²) < 4.78 is 67.2. The summed E-state index contributed by atoms with van der Waals surface area (Å²) in [5.74, 6) is 0.0722. The van der Waals surface area contributed by atoms with Gasteiger partial charge in [0.25, 0.3) is 0 Å². The minimum atomic E-state index is -4.77. The number of rotatable bonds is 7. The van der Waals surface area contributed by atoms with Crippen LogP contribution in [0.25, 0.3) is 0 Å². The summed E-state index contributed by atoms with van der Waals surface area (Å²) in [6.07, 6.45) is -4.77. The van der Waals surface area contributed by atoms with Gasteiger partial charge in [-0.25, -0.2) is 13.1 Å².